The van der Waals surface area contributed by atoms with Gasteiger partial charge in [-0.15, -0.1) is 0 Å². The molecule has 0 radical (unpaired) electrons. The minimum atomic E-state index is 0.832. The van der Waals surface area contributed by atoms with Crippen LogP contribution < -0.4 is 5.73 Å². The predicted molar refractivity (Wildman–Crippen MR) is 53.4 cm³/mol. The van der Waals surface area contributed by atoms with Gasteiger partial charge in [0.2, 0.25) is 0 Å². The Hall–Kier alpha value is -1.44. The van der Waals surface area contributed by atoms with Crippen molar-refractivity contribution in [3.63, 3.8) is 0 Å². The van der Waals surface area contributed by atoms with Gasteiger partial charge in [-0.05, 0) is 29.7 Å². The van der Waals surface area contributed by atoms with Crippen LogP contribution in [0.1, 0.15) is 11.1 Å². The van der Waals surface area contributed by atoms with E-state index in [0.717, 1.165) is 24.3 Å². The lowest BCUT2D eigenvalue weighted by Gasteiger charge is -2.17. The molecule has 1 aliphatic carbocycles. The third-order valence-electron chi connectivity index (χ3n) is 2.47. The molecule has 13 heavy (non-hydrogen) atoms. The first-order valence-corrected chi connectivity index (χ1v) is 4.40. The van der Waals surface area contributed by atoms with E-state index in [9.17, 15) is 0 Å². The zero-order valence-electron chi connectivity index (χ0n) is 7.71. The third kappa shape index (κ3) is 1.39. The number of hydrogen-bond acceptors (Lipinski definition) is 2. The molecule has 1 aromatic rings. The van der Waals surface area contributed by atoms with Crippen molar-refractivity contribution >= 4 is 5.69 Å². The summed E-state index contributed by atoms with van der Waals surface area (Å²) in [6.07, 6.45) is 3.88. The lowest BCUT2D eigenvalue weighted by atomic mass is 9.94. The van der Waals surface area contributed by atoms with E-state index in [2.05, 4.69) is 12.1 Å². The lowest BCUT2D eigenvalue weighted by molar-refractivity contribution is 0.280. The van der Waals surface area contributed by atoms with Crippen molar-refractivity contribution in [2.24, 2.45) is 0 Å². The van der Waals surface area contributed by atoms with E-state index in [1.165, 1.54) is 11.1 Å². The molecule has 0 unspecified atom stereocenters. The van der Waals surface area contributed by atoms with Crippen molar-refractivity contribution in [3.05, 3.63) is 41.2 Å². The fourth-order valence-electron chi connectivity index (χ4n) is 1.69. The SMILES string of the molecule is COC1=CCc2cccc(N)c2C1. The Bertz CT molecular complexity index is 355. The van der Waals surface area contributed by atoms with Crippen molar-refractivity contribution in [2.45, 2.75) is 12.8 Å². The van der Waals surface area contributed by atoms with Gasteiger partial charge in [0, 0.05) is 12.1 Å². The van der Waals surface area contributed by atoms with Crippen LogP contribution >= 0.6 is 0 Å². The van der Waals surface area contributed by atoms with Gasteiger partial charge >= 0.3 is 0 Å². The van der Waals surface area contributed by atoms with Gasteiger partial charge in [0.1, 0.15) is 0 Å². The maximum absolute atomic E-state index is 5.88. The molecule has 0 saturated carbocycles. The van der Waals surface area contributed by atoms with Gasteiger partial charge in [0.05, 0.1) is 12.9 Å². The van der Waals surface area contributed by atoms with Crippen LogP contribution in [0.3, 0.4) is 0 Å². The molecule has 2 heteroatoms. The Labute approximate surface area is 78.0 Å². The number of nitrogens with two attached hydrogens (primary N) is 1. The second-order valence-electron chi connectivity index (χ2n) is 3.24. The number of fused-ring (bicyclic) bond motifs is 1. The van der Waals surface area contributed by atoms with E-state index in [0.29, 0.717) is 0 Å². The van der Waals surface area contributed by atoms with Crippen LogP contribution in [0.4, 0.5) is 5.69 Å². The highest BCUT2D eigenvalue weighted by Crippen LogP contribution is 2.25. The number of hydrogen-bond donors (Lipinski definition) is 1. The van der Waals surface area contributed by atoms with Gasteiger partial charge in [0.25, 0.3) is 0 Å². The molecule has 0 spiro atoms. The van der Waals surface area contributed by atoms with Crippen molar-refractivity contribution in [2.75, 3.05) is 12.8 Å². The Morgan fingerprint density at radius 1 is 1.38 bits per heavy atom. The predicted octanol–water partition coefficient (Wildman–Crippen LogP) is 1.90. The van der Waals surface area contributed by atoms with E-state index >= 15 is 0 Å². The van der Waals surface area contributed by atoms with E-state index < -0.39 is 0 Å². The molecule has 1 aliphatic rings. The summed E-state index contributed by atoms with van der Waals surface area (Å²) in [6, 6.07) is 6.06. The number of allylic oxidation sites excluding steroid dienone is 2. The van der Waals surface area contributed by atoms with Gasteiger partial charge in [-0.1, -0.05) is 12.1 Å². The number of benzene rings is 1. The number of nitrogen functional groups attached to an aromatic ring is 1. The Morgan fingerprint density at radius 2 is 2.23 bits per heavy atom. The summed E-state index contributed by atoms with van der Waals surface area (Å²) in [7, 11) is 1.70. The molecule has 0 saturated heterocycles. The topological polar surface area (TPSA) is 35.2 Å². The van der Waals surface area contributed by atoms with Crippen LogP contribution in [-0.2, 0) is 17.6 Å². The monoisotopic (exact) mass is 175 g/mol. The Balaban J connectivity index is 2.39. The summed E-state index contributed by atoms with van der Waals surface area (Å²) >= 11 is 0. The average Bonchev–Trinajstić information content (AvgIpc) is 2.18. The van der Waals surface area contributed by atoms with Crippen molar-refractivity contribution in [1.82, 2.24) is 0 Å². The molecule has 0 atom stereocenters. The van der Waals surface area contributed by atoms with Crippen LogP contribution in [-0.4, -0.2) is 7.11 Å². The first-order valence-electron chi connectivity index (χ1n) is 4.40. The second kappa shape index (κ2) is 3.13. The molecule has 0 bridgehead atoms. The molecule has 0 heterocycles. The molecule has 68 valence electrons. The van der Waals surface area contributed by atoms with E-state index in [1.807, 2.05) is 12.1 Å². The van der Waals surface area contributed by atoms with Gasteiger partial charge in [-0.25, -0.2) is 0 Å². The van der Waals surface area contributed by atoms with Crippen LogP contribution in [0.25, 0.3) is 0 Å². The summed E-state index contributed by atoms with van der Waals surface area (Å²) in [5.74, 6) is 1.02. The molecular formula is C11H13NO. The molecule has 0 aromatic heterocycles. The van der Waals surface area contributed by atoms with Crippen LogP contribution in [0, 0.1) is 0 Å². The fraction of sp³-hybridized carbons (Fsp3) is 0.273. The van der Waals surface area contributed by atoms with Crippen LogP contribution in [0.2, 0.25) is 0 Å². The molecule has 2 N–H and O–H groups in total. The highest BCUT2D eigenvalue weighted by Gasteiger charge is 2.12. The van der Waals surface area contributed by atoms with Gasteiger partial charge < -0.3 is 10.5 Å². The fourth-order valence-corrected chi connectivity index (χ4v) is 1.69. The maximum atomic E-state index is 5.88. The summed E-state index contributed by atoms with van der Waals surface area (Å²) < 4.78 is 5.21. The zero-order valence-corrected chi connectivity index (χ0v) is 7.71. The second-order valence-corrected chi connectivity index (χ2v) is 3.24. The highest BCUT2D eigenvalue weighted by molar-refractivity contribution is 5.54. The van der Waals surface area contributed by atoms with Crippen molar-refractivity contribution < 1.29 is 4.74 Å². The van der Waals surface area contributed by atoms with Gasteiger partial charge in [0.15, 0.2) is 0 Å². The average molecular weight is 175 g/mol. The third-order valence-corrected chi connectivity index (χ3v) is 2.47. The van der Waals surface area contributed by atoms with E-state index in [-0.39, 0.29) is 0 Å². The van der Waals surface area contributed by atoms with Gasteiger partial charge in [-0.3, -0.25) is 0 Å². The maximum Gasteiger partial charge on any atom is 0.0963 e. The van der Waals surface area contributed by atoms with E-state index in [1.54, 1.807) is 7.11 Å². The van der Waals surface area contributed by atoms with E-state index in [4.69, 9.17) is 10.5 Å². The highest BCUT2D eigenvalue weighted by atomic mass is 16.5. The van der Waals surface area contributed by atoms with Crippen LogP contribution in [0.5, 0.6) is 0 Å². The lowest BCUT2D eigenvalue weighted by Crippen LogP contribution is -2.07. The molecule has 0 aliphatic heterocycles. The smallest absolute Gasteiger partial charge is 0.0963 e. The number of anilines is 1. The van der Waals surface area contributed by atoms with Crippen LogP contribution in [0.15, 0.2) is 30.0 Å². The molecule has 0 fully saturated rings. The number of ether oxygens (including phenoxy) is 1. The molecule has 2 nitrogen and oxygen atoms in total. The number of methoxy groups -OCH3 is 1. The Kier molecular flexibility index (Phi) is 1.97. The first-order chi connectivity index (χ1) is 6.31. The van der Waals surface area contributed by atoms with Crippen molar-refractivity contribution in [3.8, 4) is 0 Å². The van der Waals surface area contributed by atoms with Gasteiger partial charge in [-0.2, -0.15) is 0 Å². The minimum Gasteiger partial charge on any atom is -0.501 e. The number of rotatable bonds is 1. The molecule has 2 rings (SSSR count). The normalized spacial score (nSPS) is 14.7. The minimum absolute atomic E-state index is 0.832. The standard InChI is InChI=1S/C11H13NO/c1-13-9-6-5-8-3-2-4-11(12)10(8)7-9/h2-4,6H,5,7,12H2,1H3. The summed E-state index contributed by atoms with van der Waals surface area (Å²) in [4.78, 5) is 0. The molecular weight excluding hydrogens is 162 g/mol. The summed E-state index contributed by atoms with van der Waals surface area (Å²) in [5.41, 5.74) is 9.29. The summed E-state index contributed by atoms with van der Waals surface area (Å²) in [6.45, 7) is 0. The Morgan fingerprint density at radius 3 is 3.00 bits per heavy atom. The molecule has 1 aromatic carbocycles. The quantitative estimate of drug-likeness (QED) is 0.661. The first kappa shape index (κ1) is 8.17. The largest absolute Gasteiger partial charge is 0.501 e. The summed E-state index contributed by atoms with van der Waals surface area (Å²) in [5, 5.41) is 0. The zero-order chi connectivity index (χ0) is 9.26. The van der Waals surface area contributed by atoms with Crippen molar-refractivity contribution in [1.29, 1.82) is 0 Å². The molecule has 0 amide bonds.